The van der Waals surface area contributed by atoms with Gasteiger partial charge in [-0.15, -0.1) is 0 Å². The number of benzene rings is 1. The van der Waals surface area contributed by atoms with Crippen LogP contribution in [0.15, 0.2) is 36.8 Å². The molecule has 0 atom stereocenters. The predicted octanol–water partition coefficient (Wildman–Crippen LogP) is 2.37. The molecule has 0 unspecified atom stereocenters. The summed E-state index contributed by atoms with van der Waals surface area (Å²) in [4.78, 5) is 21.8. The summed E-state index contributed by atoms with van der Waals surface area (Å²) in [6.07, 6.45) is 4.32. The topological polar surface area (TPSA) is 55.3 Å². The van der Waals surface area contributed by atoms with Gasteiger partial charge in [-0.1, -0.05) is 6.07 Å². The highest BCUT2D eigenvalue weighted by Crippen LogP contribution is 2.18. The third kappa shape index (κ3) is 4.04. The smallest absolute Gasteiger partial charge is 0.227 e. The molecule has 1 aliphatic rings. The molecular formula is C17H17F2N3O2. The van der Waals surface area contributed by atoms with E-state index < -0.39 is 11.6 Å². The number of aromatic nitrogens is 2. The lowest BCUT2D eigenvalue weighted by molar-refractivity contribution is -0.132. The number of rotatable bonds is 4. The number of ether oxygens (including phenoxy) is 1. The third-order valence-electron chi connectivity index (χ3n) is 3.99. The van der Waals surface area contributed by atoms with Gasteiger partial charge in [-0.25, -0.2) is 18.7 Å². The molecule has 1 aromatic carbocycles. The highest BCUT2D eigenvalue weighted by atomic mass is 19.1. The van der Waals surface area contributed by atoms with E-state index in [0.29, 0.717) is 31.8 Å². The van der Waals surface area contributed by atoms with Gasteiger partial charge in [0.2, 0.25) is 11.8 Å². The molecule has 1 aliphatic heterocycles. The zero-order valence-electron chi connectivity index (χ0n) is 13.0. The van der Waals surface area contributed by atoms with Crippen molar-refractivity contribution in [3.8, 4) is 5.88 Å². The van der Waals surface area contributed by atoms with Crippen molar-refractivity contribution in [1.29, 1.82) is 0 Å². The van der Waals surface area contributed by atoms with Gasteiger partial charge >= 0.3 is 0 Å². The van der Waals surface area contributed by atoms with Gasteiger partial charge in [0.25, 0.3) is 0 Å². The van der Waals surface area contributed by atoms with Gasteiger partial charge in [0.05, 0.1) is 6.42 Å². The Morgan fingerprint density at radius 2 is 2.04 bits per heavy atom. The van der Waals surface area contributed by atoms with Crippen LogP contribution in [0.1, 0.15) is 18.4 Å². The summed E-state index contributed by atoms with van der Waals surface area (Å²) in [6, 6.07) is 4.96. The minimum absolute atomic E-state index is 0.00786. The number of hydrogen-bond acceptors (Lipinski definition) is 4. The van der Waals surface area contributed by atoms with Gasteiger partial charge in [0.15, 0.2) is 0 Å². The van der Waals surface area contributed by atoms with E-state index in [9.17, 15) is 13.6 Å². The predicted molar refractivity (Wildman–Crippen MR) is 82.3 cm³/mol. The SMILES string of the molecule is O=C(Cc1ccc(F)cc1F)N1CCC(Oc2ccncn2)CC1. The first-order valence-corrected chi connectivity index (χ1v) is 7.76. The molecule has 2 aromatic rings. The molecule has 1 amide bonds. The summed E-state index contributed by atoms with van der Waals surface area (Å²) < 4.78 is 32.3. The van der Waals surface area contributed by atoms with Crippen LogP contribution in [0.4, 0.5) is 8.78 Å². The number of hydrogen-bond donors (Lipinski definition) is 0. The van der Waals surface area contributed by atoms with Crippen LogP contribution in [0.3, 0.4) is 0 Å². The Balaban J connectivity index is 1.51. The lowest BCUT2D eigenvalue weighted by Gasteiger charge is -2.32. The third-order valence-corrected chi connectivity index (χ3v) is 3.99. The van der Waals surface area contributed by atoms with Crippen LogP contribution >= 0.6 is 0 Å². The van der Waals surface area contributed by atoms with E-state index in [-0.39, 0.29) is 24.0 Å². The molecule has 7 heteroatoms. The molecule has 1 saturated heterocycles. The summed E-state index contributed by atoms with van der Waals surface area (Å²) in [6.45, 7) is 1.08. The van der Waals surface area contributed by atoms with Crippen molar-refractivity contribution in [1.82, 2.24) is 14.9 Å². The maximum Gasteiger partial charge on any atom is 0.227 e. The van der Waals surface area contributed by atoms with E-state index >= 15 is 0 Å². The van der Waals surface area contributed by atoms with Gasteiger partial charge in [0, 0.05) is 44.3 Å². The Kier molecular flexibility index (Phi) is 4.98. The van der Waals surface area contributed by atoms with Gasteiger partial charge in [-0.2, -0.15) is 0 Å². The molecular weight excluding hydrogens is 316 g/mol. The zero-order valence-corrected chi connectivity index (χ0v) is 13.0. The van der Waals surface area contributed by atoms with Crippen LogP contribution in [-0.4, -0.2) is 40.0 Å². The lowest BCUT2D eigenvalue weighted by atomic mass is 10.1. The summed E-state index contributed by atoms with van der Waals surface area (Å²) in [7, 11) is 0. The first-order valence-electron chi connectivity index (χ1n) is 7.76. The maximum atomic E-state index is 13.6. The Bertz CT molecular complexity index is 704. The Labute approximate surface area is 138 Å². The fraction of sp³-hybridized carbons (Fsp3) is 0.353. The first kappa shape index (κ1) is 16.3. The van der Waals surface area contributed by atoms with Gasteiger partial charge in [0.1, 0.15) is 24.1 Å². The van der Waals surface area contributed by atoms with Crippen LogP contribution < -0.4 is 4.74 Å². The number of carbonyl (C=O) groups is 1. The van der Waals surface area contributed by atoms with E-state index in [1.54, 1.807) is 17.2 Å². The number of likely N-dealkylation sites (tertiary alicyclic amines) is 1. The molecule has 0 saturated carbocycles. The number of nitrogens with zero attached hydrogens (tertiary/aromatic N) is 3. The van der Waals surface area contributed by atoms with E-state index in [1.165, 1.54) is 12.4 Å². The normalized spacial score (nSPS) is 15.3. The summed E-state index contributed by atoms with van der Waals surface area (Å²) in [5.41, 5.74) is 0.209. The molecule has 24 heavy (non-hydrogen) atoms. The van der Waals surface area contributed by atoms with Crippen molar-refractivity contribution in [2.24, 2.45) is 0 Å². The van der Waals surface area contributed by atoms with Crippen LogP contribution in [0, 0.1) is 11.6 Å². The Morgan fingerprint density at radius 1 is 1.25 bits per heavy atom. The molecule has 0 N–H and O–H groups in total. The molecule has 0 bridgehead atoms. The molecule has 126 valence electrons. The molecule has 1 fully saturated rings. The standard InChI is InChI=1S/C17H17F2N3O2/c18-13-2-1-12(15(19)10-13)9-17(23)22-7-4-14(5-8-22)24-16-3-6-20-11-21-16/h1-3,6,10-11,14H,4-5,7-9H2. The second-order valence-electron chi connectivity index (χ2n) is 5.66. The van der Waals surface area contributed by atoms with Crippen molar-refractivity contribution in [2.45, 2.75) is 25.4 Å². The van der Waals surface area contributed by atoms with Gasteiger partial charge < -0.3 is 9.64 Å². The van der Waals surface area contributed by atoms with Crippen LogP contribution in [0.5, 0.6) is 5.88 Å². The molecule has 2 heterocycles. The molecule has 0 spiro atoms. The molecule has 0 aliphatic carbocycles. The average Bonchev–Trinajstić information content (AvgIpc) is 2.59. The van der Waals surface area contributed by atoms with E-state index in [1.807, 2.05) is 0 Å². The number of piperidine rings is 1. The molecule has 3 rings (SSSR count). The van der Waals surface area contributed by atoms with Gasteiger partial charge in [-0.05, 0) is 11.6 Å². The summed E-state index contributed by atoms with van der Waals surface area (Å²) >= 11 is 0. The molecule has 0 radical (unpaired) electrons. The molecule has 1 aromatic heterocycles. The number of carbonyl (C=O) groups excluding carboxylic acids is 1. The summed E-state index contributed by atoms with van der Waals surface area (Å²) in [5.74, 6) is -0.985. The van der Waals surface area contributed by atoms with E-state index in [2.05, 4.69) is 9.97 Å². The fourth-order valence-corrected chi connectivity index (χ4v) is 2.68. The maximum absolute atomic E-state index is 13.6. The van der Waals surface area contributed by atoms with Crippen molar-refractivity contribution in [2.75, 3.05) is 13.1 Å². The van der Waals surface area contributed by atoms with Crippen LogP contribution in [0.2, 0.25) is 0 Å². The highest BCUT2D eigenvalue weighted by Gasteiger charge is 2.24. The molecule has 5 nitrogen and oxygen atoms in total. The minimum atomic E-state index is -0.690. The van der Waals surface area contributed by atoms with E-state index in [0.717, 1.165) is 12.1 Å². The van der Waals surface area contributed by atoms with Crippen molar-refractivity contribution in [3.05, 3.63) is 54.0 Å². The number of amides is 1. The van der Waals surface area contributed by atoms with Crippen molar-refractivity contribution >= 4 is 5.91 Å². The Hall–Kier alpha value is -2.57. The average molecular weight is 333 g/mol. The van der Waals surface area contributed by atoms with Crippen LogP contribution in [0.25, 0.3) is 0 Å². The fourth-order valence-electron chi connectivity index (χ4n) is 2.68. The second kappa shape index (κ2) is 7.33. The van der Waals surface area contributed by atoms with E-state index in [4.69, 9.17) is 4.74 Å². The first-order chi connectivity index (χ1) is 11.6. The van der Waals surface area contributed by atoms with Gasteiger partial charge in [-0.3, -0.25) is 4.79 Å². The largest absolute Gasteiger partial charge is 0.474 e. The van der Waals surface area contributed by atoms with Crippen molar-refractivity contribution < 1.29 is 18.3 Å². The minimum Gasteiger partial charge on any atom is -0.474 e. The monoisotopic (exact) mass is 333 g/mol. The quantitative estimate of drug-likeness (QED) is 0.862. The summed E-state index contributed by atoms with van der Waals surface area (Å²) in [5, 5.41) is 0. The Morgan fingerprint density at radius 3 is 2.71 bits per heavy atom. The van der Waals surface area contributed by atoms with Crippen molar-refractivity contribution in [3.63, 3.8) is 0 Å². The zero-order chi connectivity index (χ0) is 16.9. The second-order valence-corrected chi connectivity index (χ2v) is 5.66. The number of halogens is 2. The van der Waals surface area contributed by atoms with Crippen LogP contribution in [-0.2, 0) is 11.2 Å². The lowest BCUT2D eigenvalue weighted by Crippen LogP contribution is -2.42. The highest BCUT2D eigenvalue weighted by molar-refractivity contribution is 5.78.